The zero-order valence-corrected chi connectivity index (χ0v) is 8.80. The van der Waals surface area contributed by atoms with Gasteiger partial charge in [-0.05, 0) is 30.2 Å². The highest BCUT2D eigenvalue weighted by atomic mass is 19.1. The van der Waals surface area contributed by atoms with Crippen LogP contribution < -0.4 is 11.1 Å². The monoisotopic (exact) mass is 228 g/mol. The van der Waals surface area contributed by atoms with Crippen LogP contribution in [-0.2, 0) is 11.2 Å². The molecule has 16 heavy (non-hydrogen) atoms. The minimum absolute atomic E-state index is 0.181. The summed E-state index contributed by atoms with van der Waals surface area (Å²) in [4.78, 5) is 11.0. The lowest BCUT2D eigenvalue weighted by molar-refractivity contribution is -0.120. The van der Waals surface area contributed by atoms with Crippen molar-refractivity contribution >= 4 is 5.91 Å². The molecule has 0 heterocycles. The van der Waals surface area contributed by atoms with Gasteiger partial charge in [-0.2, -0.15) is 0 Å². The van der Waals surface area contributed by atoms with Crippen LogP contribution in [-0.4, -0.2) is 19.0 Å². The fourth-order valence-electron chi connectivity index (χ4n) is 1.29. The molecule has 0 radical (unpaired) electrons. The van der Waals surface area contributed by atoms with Gasteiger partial charge in [0.1, 0.15) is 11.6 Å². The van der Waals surface area contributed by atoms with Crippen molar-refractivity contribution in [1.29, 1.82) is 0 Å². The summed E-state index contributed by atoms with van der Waals surface area (Å²) in [5, 5.41) is 2.57. The predicted molar refractivity (Wildman–Crippen MR) is 56.7 cm³/mol. The van der Waals surface area contributed by atoms with E-state index in [1.165, 1.54) is 0 Å². The zero-order valence-electron chi connectivity index (χ0n) is 8.80. The van der Waals surface area contributed by atoms with Gasteiger partial charge in [0.25, 0.3) is 0 Å². The SMILES string of the molecule is NCCC(=O)NCCc1cc(F)ccc1F. The van der Waals surface area contributed by atoms with E-state index in [-0.39, 0.29) is 37.4 Å². The van der Waals surface area contributed by atoms with E-state index in [1.54, 1.807) is 0 Å². The number of carbonyl (C=O) groups is 1. The van der Waals surface area contributed by atoms with Crippen LogP contribution in [0.3, 0.4) is 0 Å². The Bertz CT molecular complexity index is 369. The highest BCUT2D eigenvalue weighted by Crippen LogP contribution is 2.09. The van der Waals surface area contributed by atoms with Crippen LogP contribution in [0, 0.1) is 11.6 Å². The molecule has 0 fully saturated rings. The average Bonchev–Trinajstić information content (AvgIpc) is 2.23. The molecule has 5 heteroatoms. The van der Waals surface area contributed by atoms with Crippen molar-refractivity contribution in [3.05, 3.63) is 35.4 Å². The second-order valence-corrected chi connectivity index (χ2v) is 3.37. The van der Waals surface area contributed by atoms with E-state index in [9.17, 15) is 13.6 Å². The van der Waals surface area contributed by atoms with E-state index >= 15 is 0 Å². The molecule has 0 spiro atoms. The zero-order chi connectivity index (χ0) is 12.0. The maximum absolute atomic E-state index is 13.1. The summed E-state index contributed by atoms with van der Waals surface area (Å²) in [5.41, 5.74) is 5.44. The van der Waals surface area contributed by atoms with Crippen molar-refractivity contribution in [1.82, 2.24) is 5.32 Å². The maximum atomic E-state index is 13.1. The molecule has 1 aromatic carbocycles. The second-order valence-electron chi connectivity index (χ2n) is 3.37. The molecule has 3 N–H and O–H groups in total. The molecule has 0 saturated carbocycles. The number of carbonyl (C=O) groups excluding carboxylic acids is 1. The summed E-state index contributed by atoms with van der Waals surface area (Å²) in [6, 6.07) is 3.27. The lowest BCUT2D eigenvalue weighted by Crippen LogP contribution is -2.27. The Hall–Kier alpha value is -1.49. The van der Waals surface area contributed by atoms with Gasteiger partial charge in [0, 0.05) is 19.5 Å². The third kappa shape index (κ3) is 3.94. The van der Waals surface area contributed by atoms with Crippen molar-refractivity contribution < 1.29 is 13.6 Å². The Morgan fingerprint density at radius 2 is 2.12 bits per heavy atom. The molecular weight excluding hydrogens is 214 g/mol. The van der Waals surface area contributed by atoms with Gasteiger partial charge in [0.05, 0.1) is 0 Å². The molecule has 0 aliphatic carbocycles. The minimum atomic E-state index is -0.482. The van der Waals surface area contributed by atoms with Gasteiger partial charge in [-0.15, -0.1) is 0 Å². The van der Waals surface area contributed by atoms with Gasteiger partial charge in [0.15, 0.2) is 0 Å². The number of nitrogens with one attached hydrogen (secondary N) is 1. The van der Waals surface area contributed by atoms with Crippen LogP contribution in [0.5, 0.6) is 0 Å². The number of halogens is 2. The second kappa shape index (κ2) is 6.17. The molecular formula is C11H14F2N2O. The number of amides is 1. The van der Waals surface area contributed by atoms with E-state index in [2.05, 4.69) is 5.32 Å². The molecule has 3 nitrogen and oxygen atoms in total. The van der Waals surface area contributed by atoms with Gasteiger partial charge in [-0.3, -0.25) is 4.79 Å². The first-order chi connectivity index (χ1) is 7.63. The molecule has 0 saturated heterocycles. The Morgan fingerprint density at radius 1 is 1.38 bits per heavy atom. The van der Waals surface area contributed by atoms with Crippen molar-refractivity contribution in [3.8, 4) is 0 Å². The van der Waals surface area contributed by atoms with Gasteiger partial charge in [0.2, 0.25) is 5.91 Å². The number of nitrogens with two attached hydrogens (primary N) is 1. The van der Waals surface area contributed by atoms with Crippen LogP contribution in [0.1, 0.15) is 12.0 Å². The first kappa shape index (κ1) is 12.6. The van der Waals surface area contributed by atoms with Crippen molar-refractivity contribution in [2.24, 2.45) is 5.73 Å². The third-order valence-electron chi connectivity index (χ3n) is 2.10. The number of hydrogen-bond acceptors (Lipinski definition) is 2. The van der Waals surface area contributed by atoms with E-state index < -0.39 is 11.6 Å². The maximum Gasteiger partial charge on any atom is 0.221 e. The van der Waals surface area contributed by atoms with Crippen molar-refractivity contribution in [3.63, 3.8) is 0 Å². The van der Waals surface area contributed by atoms with Crippen LogP contribution in [0.4, 0.5) is 8.78 Å². The summed E-state index contributed by atoms with van der Waals surface area (Å²) in [7, 11) is 0. The Morgan fingerprint density at radius 3 is 2.81 bits per heavy atom. The van der Waals surface area contributed by atoms with Crippen LogP contribution in [0.15, 0.2) is 18.2 Å². The molecule has 0 atom stereocenters. The number of rotatable bonds is 5. The van der Waals surface area contributed by atoms with Gasteiger partial charge in [-0.25, -0.2) is 8.78 Å². The minimum Gasteiger partial charge on any atom is -0.356 e. The summed E-state index contributed by atoms with van der Waals surface area (Å²) in [6.45, 7) is 0.555. The molecule has 88 valence electrons. The van der Waals surface area contributed by atoms with Crippen LogP contribution in [0.2, 0.25) is 0 Å². The largest absolute Gasteiger partial charge is 0.356 e. The quantitative estimate of drug-likeness (QED) is 0.789. The summed E-state index contributed by atoms with van der Waals surface area (Å²) in [6.07, 6.45) is 0.505. The summed E-state index contributed by atoms with van der Waals surface area (Å²) < 4.78 is 25.9. The van der Waals surface area contributed by atoms with Crippen LogP contribution >= 0.6 is 0 Å². The molecule has 1 rings (SSSR count). The number of benzene rings is 1. The highest BCUT2D eigenvalue weighted by molar-refractivity contribution is 5.75. The van der Waals surface area contributed by atoms with E-state index in [1.807, 2.05) is 0 Å². The fourth-order valence-corrected chi connectivity index (χ4v) is 1.29. The van der Waals surface area contributed by atoms with Crippen molar-refractivity contribution in [2.45, 2.75) is 12.8 Å². The normalized spacial score (nSPS) is 10.2. The third-order valence-corrected chi connectivity index (χ3v) is 2.10. The Kier molecular flexibility index (Phi) is 4.85. The van der Waals surface area contributed by atoms with Gasteiger partial charge < -0.3 is 11.1 Å². The number of hydrogen-bond donors (Lipinski definition) is 2. The van der Waals surface area contributed by atoms with Gasteiger partial charge >= 0.3 is 0 Å². The standard InChI is InChI=1S/C11H14F2N2O/c12-9-1-2-10(13)8(7-9)4-6-15-11(16)3-5-14/h1-2,7H,3-6,14H2,(H,15,16). The summed E-state index contributed by atoms with van der Waals surface area (Å²) in [5.74, 6) is -1.13. The lowest BCUT2D eigenvalue weighted by atomic mass is 10.1. The molecule has 0 unspecified atom stereocenters. The molecule has 0 aromatic heterocycles. The van der Waals surface area contributed by atoms with Gasteiger partial charge in [-0.1, -0.05) is 0 Å². The molecule has 0 aliphatic rings. The first-order valence-corrected chi connectivity index (χ1v) is 5.04. The highest BCUT2D eigenvalue weighted by Gasteiger charge is 2.04. The van der Waals surface area contributed by atoms with E-state index in [0.29, 0.717) is 0 Å². The van der Waals surface area contributed by atoms with Crippen molar-refractivity contribution in [2.75, 3.05) is 13.1 Å². The van der Waals surface area contributed by atoms with Crippen LogP contribution in [0.25, 0.3) is 0 Å². The molecule has 1 amide bonds. The topological polar surface area (TPSA) is 55.1 Å². The molecule has 1 aromatic rings. The smallest absolute Gasteiger partial charge is 0.221 e. The average molecular weight is 228 g/mol. The Balaban J connectivity index is 2.42. The lowest BCUT2D eigenvalue weighted by Gasteiger charge is -2.05. The molecule has 0 bridgehead atoms. The summed E-state index contributed by atoms with van der Waals surface area (Å²) >= 11 is 0. The fraction of sp³-hybridized carbons (Fsp3) is 0.364. The van der Waals surface area contributed by atoms with E-state index in [0.717, 1.165) is 18.2 Å². The molecule has 0 aliphatic heterocycles. The first-order valence-electron chi connectivity index (χ1n) is 5.04. The Labute approximate surface area is 92.6 Å². The van der Waals surface area contributed by atoms with E-state index in [4.69, 9.17) is 5.73 Å². The predicted octanol–water partition coefficient (Wildman–Crippen LogP) is 0.972.